The number of fused-ring (bicyclic) bond motifs is 6. The number of hydrogen-bond acceptors (Lipinski definition) is 3. The Hall–Kier alpha value is -7.20. The standard InChI is InChI=1S/C54H35NOS/c1-3-12-36(13-4-1)37-22-24-38(25-23-37)39-26-28-41(29-27-39)55(43-31-33-46-45-16-7-9-20-51(45)56-52(46)35-43)42-30-32-44(50(34-42)40-14-5-2-6-15-40)48-18-11-19-49-47-17-8-10-21-53(47)57-54(48)49/h1-35H. The summed E-state index contributed by atoms with van der Waals surface area (Å²) in [4.78, 5) is 2.35. The highest BCUT2D eigenvalue weighted by atomic mass is 32.1. The number of thiophene rings is 1. The summed E-state index contributed by atoms with van der Waals surface area (Å²) in [5, 5.41) is 4.84. The van der Waals surface area contributed by atoms with Crippen LogP contribution in [0.3, 0.4) is 0 Å². The molecule has 0 atom stereocenters. The molecule has 0 N–H and O–H groups in total. The largest absolute Gasteiger partial charge is 0.456 e. The fourth-order valence-electron chi connectivity index (χ4n) is 8.31. The Morgan fingerprint density at radius 3 is 1.61 bits per heavy atom. The van der Waals surface area contributed by atoms with Crippen LogP contribution in [0, 0.1) is 0 Å². The summed E-state index contributed by atoms with van der Waals surface area (Å²) >= 11 is 1.87. The second kappa shape index (κ2) is 13.8. The molecule has 0 aliphatic carbocycles. The number of benzene rings is 9. The smallest absolute Gasteiger partial charge is 0.137 e. The molecule has 0 aliphatic rings. The fraction of sp³-hybridized carbons (Fsp3) is 0. The van der Waals surface area contributed by atoms with Crippen molar-refractivity contribution < 1.29 is 4.42 Å². The number of para-hydroxylation sites is 1. The van der Waals surface area contributed by atoms with Gasteiger partial charge in [0.2, 0.25) is 0 Å². The molecule has 11 rings (SSSR count). The highest BCUT2D eigenvalue weighted by molar-refractivity contribution is 7.26. The van der Waals surface area contributed by atoms with E-state index in [0.29, 0.717) is 0 Å². The predicted octanol–water partition coefficient (Wildman–Crippen LogP) is 16.1. The first-order chi connectivity index (χ1) is 28.2. The zero-order chi connectivity index (χ0) is 37.7. The first-order valence-corrected chi connectivity index (χ1v) is 20.1. The van der Waals surface area contributed by atoms with Gasteiger partial charge in [-0.3, -0.25) is 0 Å². The molecule has 0 amide bonds. The maximum Gasteiger partial charge on any atom is 0.137 e. The summed E-state index contributed by atoms with van der Waals surface area (Å²) in [5.41, 5.74) is 14.5. The predicted molar refractivity (Wildman–Crippen MR) is 243 cm³/mol. The van der Waals surface area contributed by atoms with Gasteiger partial charge in [0.25, 0.3) is 0 Å². The molecule has 57 heavy (non-hydrogen) atoms. The average molecular weight is 746 g/mol. The molecular weight excluding hydrogens is 711 g/mol. The molecule has 0 radical (unpaired) electrons. The van der Waals surface area contributed by atoms with Crippen LogP contribution in [0.5, 0.6) is 0 Å². The number of anilines is 3. The highest BCUT2D eigenvalue weighted by Crippen LogP contribution is 2.46. The van der Waals surface area contributed by atoms with Crippen LogP contribution < -0.4 is 4.90 Å². The number of rotatable bonds is 7. The Bertz CT molecular complexity index is 3210. The van der Waals surface area contributed by atoms with Crippen molar-refractivity contribution in [2.75, 3.05) is 4.90 Å². The second-order valence-electron chi connectivity index (χ2n) is 14.5. The van der Waals surface area contributed by atoms with E-state index in [1.165, 1.54) is 64.7 Å². The molecule has 0 fully saturated rings. The molecule has 2 heterocycles. The second-order valence-corrected chi connectivity index (χ2v) is 15.5. The van der Waals surface area contributed by atoms with Crippen LogP contribution in [0.15, 0.2) is 217 Å². The van der Waals surface area contributed by atoms with Crippen LogP contribution >= 0.6 is 11.3 Å². The van der Waals surface area contributed by atoms with Crippen LogP contribution in [-0.4, -0.2) is 0 Å². The van der Waals surface area contributed by atoms with Crippen molar-refractivity contribution in [1.82, 2.24) is 0 Å². The quantitative estimate of drug-likeness (QED) is 0.162. The molecule has 0 aliphatic heterocycles. The van der Waals surface area contributed by atoms with E-state index in [0.717, 1.165) is 39.0 Å². The van der Waals surface area contributed by atoms with Crippen LogP contribution in [-0.2, 0) is 0 Å². The van der Waals surface area contributed by atoms with Gasteiger partial charge in [0.1, 0.15) is 11.2 Å². The summed E-state index contributed by atoms with van der Waals surface area (Å²) in [6, 6.07) is 76.4. The lowest BCUT2D eigenvalue weighted by atomic mass is 9.92. The fourth-order valence-corrected chi connectivity index (χ4v) is 9.54. The molecule has 268 valence electrons. The van der Waals surface area contributed by atoms with Gasteiger partial charge < -0.3 is 9.32 Å². The van der Waals surface area contributed by atoms with Gasteiger partial charge in [0, 0.05) is 59.6 Å². The molecule has 0 saturated carbocycles. The van der Waals surface area contributed by atoms with Crippen LogP contribution in [0.2, 0.25) is 0 Å². The van der Waals surface area contributed by atoms with E-state index in [1.807, 2.05) is 23.5 Å². The van der Waals surface area contributed by atoms with Gasteiger partial charge in [-0.2, -0.15) is 0 Å². The van der Waals surface area contributed by atoms with Gasteiger partial charge in [-0.15, -0.1) is 11.3 Å². The molecule has 2 nitrogen and oxygen atoms in total. The SMILES string of the molecule is c1ccc(-c2ccc(-c3ccc(N(c4ccc(-c5cccc6c5sc5ccccc56)c(-c5ccccc5)c4)c4ccc5c(c4)oc4ccccc45)cc3)cc2)cc1. The summed E-state index contributed by atoms with van der Waals surface area (Å²) < 4.78 is 9.06. The first-order valence-electron chi connectivity index (χ1n) is 19.3. The van der Waals surface area contributed by atoms with Crippen molar-refractivity contribution in [3.63, 3.8) is 0 Å². The first kappa shape index (κ1) is 33.2. The monoisotopic (exact) mass is 745 g/mol. The van der Waals surface area contributed by atoms with Crippen LogP contribution in [0.4, 0.5) is 17.1 Å². The normalized spacial score (nSPS) is 11.5. The molecular formula is C54H35NOS. The van der Waals surface area contributed by atoms with E-state index in [9.17, 15) is 0 Å². The van der Waals surface area contributed by atoms with Gasteiger partial charge >= 0.3 is 0 Å². The lowest BCUT2D eigenvalue weighted by Gasteiger charge is -2.27. The molecule has 9 aromatic carbocycles. The van der Waals surface area contributed by atoms with E-state index in [-0.39, 0.29) is 0 Å². The minimum Gasteiger partial charge on any atom is -0.456 e. The van der Waals surface area contributed by atoms with Crippen LogP contribution in [0.1, 0.15) is 0 Å². The van der Waals surface area contributed by atoms with Crippen LogP contribution in [0.25, 0.3) is 86.6 Å². The highest BCUT2D eigenvalue weighted by Gasteiger charge is 2.20. The zero-order valence-electron chi connectivity index (χ0n) is 31.0. The Morgan fingerprint density at radius 2 is 0.860 bits per heavy atom. The number of hydrogen-bond donors (Lipinski definition) is 0. The minimum atomic E-state index is 0.866. The Balaban J connectivity index is 1.07. The lowest BCUT2D eigenvalue weighted by Crippen LogP contribution is -2.10. The summed E-state index contributed by atoms with van der Waals surface area (Å²) in [5.74, 6) is 0. The third-order valence-corrected chi connectivity index (χ3v) is 12.3. The van der Waals surface area contributed by atoms with Crippen molar-refractivity contribution >= 4 is 70.5 Å². The topological polar surface area (TPSA) is 16.4 Å². The average Bonchev–Trinajstić information content (AvgIpc) is 3.86. The summed E-state index contributed by atoms with van der Waals surface area (Å²) in [7, 11) is 0. The summed E-state index contributed by atoms with van der Waals surface area (Å²) in [6.07, 6.45) is 0. The Labute approximate surface area is 335 Å². The molecule has 0 spiro atoms. The molecule has 0 unspecified atom stereocenters. The van der Waals surface area contributed by atoms with E-state index in [4.69, 9.17) is 4.42 Å². The van der Waals surface area contributed by atoms with Gasteiger partial charge in [-0.25, -0.2) is 0 Å². The van der Waals surface area contributed by atoms with Gasteiger partial charge in [-0.05, 0) is 87.5 Å². The van der Waals surface area contributed by atoms with E-state index in [2.05, 4.69) is 205 Å². The van der Waals surface area contributed by atoms with Crippen molar-refractivity contribution in [3.05, 3.63) is 212 Å². The molecule has 3 heteroatoms. The van der Waals surface area contributed by atoms with Crippen molar-refractivity contribution in [1.29, 1.82) is 0 Å². The number of furan rings is 1. The van der Waals surface area contributed by atoms with Gasteiger partial charge in [-0.1, -0.05) is 158 Å². The van der Waals surface area contributed by atoms with Gasteiger partial charge in [0.05, 0.1) is 0 Å². The zero-order valence-corrected chi connectivity index (χ0v) is 31.8. The van der Waals surface area contributed by atoms with Crippen molar-refractivity contribution in [3.8, 4) is 44.5 Å². The lowest BCUT2D eigenvalue weighted by molar-refractivity contribution is 0.669. The third-order valence-electron chi connectivity index (χ3n) is 11.1. The van der Waals surface area contributed by atoms with Gasteiger partial charge in [0.15, 0.2) is 0 Å². The minimum absolute atomic E-state index is 0.866. The molecule has 0 saturated heterocycles. The maximum atomic E-state index is 6.44. The number of nitrogens with zero attached hydrogens (tertiary/aromatic N) is 1. The molecule has 11 aromatic rings. The van der Waals surface area contributed by atoms with E-state index >= 15 is 0 Å². The van der Waals surface area contributed by atoms with Crippen molar-refractivity contribution in [2.24, 2.45) is 0 Å². The Kier molecular flexibility index (Phi) is 8.04. The van der Waals surface area contributed by atoms with E-state index < -0.39 is 0 Å². The third kappa shape index (κ3) is 5.88. The summed E-state index contributed by atoms with van der Waals surface area (Å²) in [6.45, 7) is 0. The van der Waals surface area contributed by atoms with E-state index in [1.54, 1.807) is 0 Å². The maximum absolute atomic E-state index is 6.44. The molecule has 0 bridgehead atoms. The Morgan fingerprint density at radius 1 is 0.316 bits per heavy atom. The molecule has 2 aromatic heterocycles. The van der Waals surface area contributed by atoms with Crippen molar-refractivity contribution in [2.45, 2.75) is 0 Å².